The quantitative estimate of drug-likeness (QED) is 0.397. The van der Waals surface area contributed by atoms with Gasteiger partial charge in [0.1, 0.15) is 0 Å². The normalized spacial score (nSPS) is 18.4. The number of hydrogen-bond acceptors (Lipinski definition) is 0. The Hall–Kier alpha value is 0.217. The molecule has 0 aliphatic heterocycles. The molecule has 8 heavy (non-hydrogen) atoms. The van der Waals surface area contributed by atoms with Crippen LogP contribution in [0.5, 0.6) is 0 Å². The molecule has 0 rings (SSSR count). The third-order valence-electron chi connectivity index (χ3n) is 2.07. The molecule has 2 atom stereocenters. The van der Waals surface area contributed by atoms with E-state index in [1.165, 1.54) is 16.3 Å². The largest absolute Gasteiger partial charge is 0.328 e. The van der Waals surface area contributed by atoms with Crippen molar-refractivity contribution in [2.45, 2.75) is 26.8 Å². The van der Waals surface area contributed by atoms with E-state index in [1.807, 2.05) is 0 Å². The van der Waals surface area contributed by atoms with E-state index in [-0.39, 0.29) is 0 Å². The van der Waals surface area contributed by atoms with Gasteiger partial charge < -0.3 is 6.42 Å². The fourth-order valence-corrected chi connectivity index (χ4v) is 1.44. The Kier molecular flexibility index (Phi) is 4.24. The molecule has 1 heteroatoms. The van der Waals surface area contributed by atoms with Gasteiger partial charge in [-0.1, -0.05) is 25.8 Å². The van der Waals surface area contributed by atoms with Crippen molar-refractivity contribution in [1.82, 2.24) is 0 Å². The summed E-state index contributed by atoms with van der Waals surface area (Å²) >= 11 is 0. The first-order chi connectivity index (χ1) is 3.72. The summed E-state index contributed by atoms with van der Waals surface area (Å²) in [6.45, 7) is 6.78. The van der Waals surface area contributed by atoms with E-state index >= 15 is 0 Å². The molecule has 0 heterocycles. The van der Waals surface area contributed by atoms with Crippen molar-refractivity contribution in [3.8, 4) is 0 Å². The molecule has 0 saturated carbocycles. The molecule has 0 aromatic rings. The Morgan fingerprint density at radius 3 is 2.12 bits per heavy atom. The first-order valence-electron chi connectivity index (χ1n) is 3.51. The van der Waals surface area contributed by atoms with Crippen LogP contribution in [-0.4, -0.2) is 10.2 Å². The molecule has 0 aromatic carbocycles. The molecule has 0 N–H and O–H groups in total. The van der Waals surface area contributed by atoms with Crippen LogP contribution in [0.1, 0.15) is 20.8 Å². The summed E-state index contributed by atoms with van der Waals surface area (Å²) in [5.74, 6) is 1.75. The third kappa shape index (κ3) is 2.51. The second-order valence-electron chi connectivity index (χ2n) is 2.58. The summed E-state index contributed by atoms with van der Waals surface area (Å²) in [7, 11) is 1.36. The van der Waals surface area contributed by atoms with Gasteiger partial charge in [-0.25, -0.2) is 0 Å². The zero-order valence-electron chi connectivity index (χ0n) is 6.44. The molecule has 0 saturated heterocycles. The van der Waals surface area contributed by atoms with Crippen LogP contribution in [0.25, 0.3) is 0 Å². The molecule has 0 aliphatic carbocycles. The molecule has 0 fully saturated rings. The summed E-state index contributed by atoms with van der Waals surface area (Å²) in [6.07, 6.45) is 2.29. The first-order valence-corrected chi connectivity index (χ1v) is 4.93. The second-order valence-corrected chi connectivity index (χ2v) is 3.39. The lowest BCUT2D eigenvalue weighted by molar-refractivity contribution is 0.475. The van der Waals surface area contributed by atoms with E-state index < -0.39 is 0 Å². The minimum Gasteiger partial charge on any atom is -0.328 e. The van der Waals surface area contributed by atoms with Crippen LogP contribution in [0.2, 0.25) is 6.04 Å². The van der Waals surface area contributed by atoms with Gasteiger partial charge in [0.05, 0.1) is 0 Å². The van der Waals surface area contributed by atoms with Crippen molar-refractivity contribution >= 4 is 10.2 Å². The van der Waals surface area contributed by atoms with Crippen LogP contribution in [0.15, 0.2) is 0 Å². The van der Waals surface area contributed by atoms with Crippen LogP contribution < -0.4 is 0 Å². The van der Waals surface area contributed by atoms with Crippen LogP contribution >= 0.6 is 0 Å². The van der Waals surface area contributed by atoms with Crippen LogP contribution in [0.3, 0.4) is 0 Å². The van der Waals surface area contributed by atoms with Crippen molar-refractivity contribution in [1.29, 1.82) is 0 Å². The van der Waals surface area contributed by atoms with Crippen LogP contribution in [0.4, 0.5) is 0 Å². The minimum absolute atomic E-state index is 0.826. The summed E-state index contributed by atoms with van der Waals surface area (Å²) in [4.78, 5) is 0. The average Bonchev–Trinajstić information content (AvgIpc) is 1.84. The van der Waals surface area contributed by atoms with Crippen molar-refractivity contribution < 1.29 is 0 Å². The van der Waals surface area contributed by atoms with Gasteiger partial charge in [0.15, 0.2) is 0 Å². The SMILES string of the molecule is C[CH-]C(C)C(C)C[SiH3]. The highest BCUT2D eigenvalue weighted by atomic mass is 28.1. The molecule has 2 unspecified atom stereocenters. The summed E-state index contributed by atoms with van der Waals surface area (Å²) < 4.78 is 0. The topological polar surface area (TPSA) is 0 Å². The first kappa shape index (κ1) is 8.22. The lowest BCUT2D eigenvalue weighted by Gasteiger charge is -2.23. The molecule has 0 aliphatic rings. The van der Waals surface area contributed by atoms with E-state index in [1.54, 1.807) is 0 Å². The second kappa shape index (κ2) is 4.13. The van der Waals surface area contributed by atoms with Gasteiger partial charge in [0.2, 0.25) is 0 Å². The van der Waals surface area contributed by atoms with Gasteiger partial charge in [0, 0.05) is 10.2 Å². The van der Waals surface area contributed by atoms with Crippen LogP contribution in [0, 0.1) is 18.3 Å². The highest BCUT2D eigenvalue weighted by molar-refractivity contribution is 6.08. The fourth-order valence-electron chi connectivity index (χ4n) is 0.700. The molecular weight excluding hydrogens is 112 g/mol. The molecule has 50 valence electrons. The maximum Gasteiger partial charge on any atom is 0.00302 e. The van der Waals surface area contributed by atoms with Crippen molar-refractivity contribution in [3.05, 3.63) is 6.42 Å². The highest BCUT2D eigenvalue weighted by Gasteiger charge is 1.98. The van der Waals surface area contributed by atoms with Crippen molar-refractivity contribution in [2.24, 2.45) is 11.8 Å². The van der Waals surface area contributed by atoms with Gasteiger partial charge in [-0.05, 0) is 0 Å². The Balaban J connectivity index is 3.29. The molecule has 0 amide bonds. The standard InChI is InChI=1S/C7H17Si/c1-4-6(2)7(3)5-8/h4,6-7H,5H2,1-3,8H3/q-1. The average molecular weight is 129 g/mol. The number of rotatable bonds is 3. The zero-order chi connectivity index (χ0) is 6.57. The fraction of sp³-hybridized carbons (Fsp3) is 0.857. The lowest BCUT2D eigenvalue weighted by Crippen LogP contribution is -2.05. The van der Waals surface area contributed by atoms with E-state index in [0.717, 1.165) is 11.8 Å². The molecule has 0 spiro atoms. The van der Waals surface area contributed by atoms with E-state index in [2.05, 4.69) is 27.2 Å². The number of hydrogen-bond donors (Lipinski definition) is 0. The Morgan fingerprint density at radius 1 is 1.50 bits per heavy atom. The predicted molar refractivity (Wildman–Crippen MR) is 43.0 cm³/mol. The molecule has 0 bridgehead atoms. The molecule has 0 radical (unpaired) electrons. The van der Waals surface area contributed by atoms with Gasteiger partial charge >= 0.3 is 0 Å². The van der Waals surface area contributed by atoms with Crippen LogP contribution in [-0.2, 0) is 0 Å². The minimum atomic E-state index is 0.826. The zero-order valence-corrected chi connectivity index (χ0v) is 8.44. The molecule has 0 aromatic heterocycles. The highest BCUT2D eigenvalue weighted by Crippen LogP contribution is 2.15. The van der Waals surface area contributed by atoms with E-state index in [0.29, 0.717) is 0 Å². The van der Waals surface area contributed by atoms with Crippen molar-refractivity contribution in [2.75, 3.05) is 0 Å². The third-order valence-corrected chi connectivity index (χ3v) is 3.36. The predicted octanol–water partition coefficient (Wildman–Crippen LogP) is 1.27. The molecular formula is C7H17Si-. The smallest absolute Gasteiger partial charge is 0.00302 e. The van der Waals surface area contributed by atoms with Gasteiger partial charge in [-0.3, -0.25) is 0 Å². The summed E-state index contributed by atoms with van der Waals surface area (Å²) in [5.41, 5.74) is 0. The van der Waals surface area contributed by atoms with Gasteiger partial charge in [-0.2, -0.15) is 12.8 Å². The monoisotopic (exact) mass is 129 g/mol. The Bertz CT molecular complexity index is 44.3. The Labute approximate surface area is 56.1 Å². The molecule has 0 nitrogen and oxygen atoms in total. The van der Waals surface area contributed by atoms with Gasteiger partial charge in [-0.15, -0.1) is 0 Å². The van der Waals surface area contributed by atoms with Gasteiger partial charge in [0.25, 0.3) is 0 Å². The maximum absolute atomic E-state index is 2.33. The maximum atomic E-state index is 2.33. The van der Waals surface area contributed by atoms with E-state index in [9.17, 15) is 0 Å². The summed E-state index contributed by atoms with van der Waals surface area (Å²) in [5, 5.41) is 0. The lowest BCUT2D eigenvalue weighted by atomic mass is 9.96. The van der Waals surface area contributed by atoms with Crippen molar-refractivity contribution in [3.63, 3.8) is 0 Å². The summed E-state index contributed by atoms with van der Waals surface area (Å²) in [6, 6.07) is 1.44. The van der Waals surface area contributed by atoms with E-state index in [4.69, 9.17) is 0 Å². The Morgan fingerprint density at radius 2 is 2.00 bits per heavy atom.